The molecule has 11 nitrogen and oxygen atoms in total. The number of fused-ring (bicyclic) bond motifs is 1. The van der Waals surface area contributed by atoms with Gasteiger partial charge in [-0.2, -0.15) is 10.2 Å². The zero-order chi connectivity index (χ0) is 27.8. The number of amides is 1. The molecule has 4 aromatic heterocycles. The van der Waals surface area contributed by atoms with Gasteiger partial charge in [0.1, 0.15) is 29.3 Å². The lowest BCUT2D eigenvalue weighted by atomic mass is 9.95. The fraction of sp³-hybridized carbons (Fsp3) is 0.259. The number of ether oxygens (including phenoxy) is 1. The van der Waals surface area contributed by atoms with Crippen molar-refractivity contribution in [3.8, 4) is 28.1 Å². The third-order valence-corrected chi connectivity index (χ3v) is 7.08. The van der Waals surface area contributed by atoms with E-state index in [4.69, 9.17) is 27.2 Å². The Hall–Kier alpha value is -4.51. The Morgan fingerprint density at radius 1 is 1.21 bits per heavy atom. The molecule has 1 amide bonds. The predicted molar refractivity (Wildman–Crippen MR) is 150 cm³/mol. The van der Waals surface area contributed by atoms with E-state index >= 15 is 0 Å². The second-order valence-corrected chi connectivity index (χ2v) is 9.63. The molecule has 0 bridgehead atoms. The molecular formula is C27H28ClN9O2. The molecule has 12 heteroatoms. The van der Waals surface area contributed by atoms with Gasteiger partial charge in [-0.15, -0.1) is 0 Å². The van der Waals surface area contributed by atoms with Crippen molar-refractivity contribution in [2.45, 2.75) is 26.8 Å². The number of nitrogens with one attached hydrogen (secondary N) is 1. The van der Waals surface area contributed by atoms with Crippen LogP contribution in [0.1, 0.15) is 41.5 Å². The summed E-state index contributed by atoms with van der Waals surface area (Å²) in [5.41, 5.74) is 11.8. The number of carbonyl (C=O) groups is 1. The number of nitrogen functional groups attached to an aromatic ring is 1. The Balaban J connectivity index is 1.64. The number of rotatable bonds is 7. The maximum Gasteiger partial charge on any atom is 0.271 e. The van der Waals surface area contributed by atoms with Crippen molar-refractivity contribution in [2.75, 3.05) is 26.4 Å². The van der Waals surface area contributed by atoms with Gasteiger partial charge in [0, 0.05) is 48.2 Å². The van der Waals surface area contributed by atoms with Gasteiger partial charge in [-0.25, -0.2) is 14.6 Å². The molecule has 0 aliphatic rings. The molecule has 1 unspecified atom stereocenters. The highest BCUT2D eigenvalue weighted by atomic mass is 35.5. The minimum absolute atomic E-state index is 0.170. The maximum atomic E-state index is 12.3. The highest BCUT2D eigenvalue weighted by molar-refractivity contribution is 6.32. The molecule has 3 N–H and O–H groups in total. The third kappa shape index (κ3) is 4.54. The average molecular weight is 546 g/mol. The van der Waals surface area contributed by atoms with Crippen LogP contribution in [0.4, 0.5) is 5.82 Å². The largest absolute Gasteiger partial charge is 0.493 e. The summed E-state index contributed by atoms with van der Waals surface area (Å²) < 4.78 is 7.88. The van der Waals surface area contributed by atoms with E-state index in [-0.39, 0.29) is 11.9 Å². The van der Waals surface area contributed by atoms with E-state index in [2.05, 4.69) is 25.1 Å². The number of halogens is 1. The van der Waals surface area contributed by atoms with Crippen molar-refractivity contribution < 1.29 is 9.53 Å². The number of nitrogens with zero attached hydrogens (tertiary/aromatic N) is 7. The molecule has 200 valence electrons. The molecular weight excluding hydrogens is 518 g/mol. The van der Waals surface area contributed by atoms with Gasteiger partial charge >= 0.3 is 0 Å². The number of hydrogen-bond acceptors (Lipinski definition) is 8. The third-order valence-electron chi connectivity index (χ3n) is 6.57. The number of aromatic amines is 1. The number of benzene rings is 1. The maximum absolute atomic E-state index is 12.3. The number of pyridine rings is 1. The first kappa shape index (κ1) is 26.1. The number of carbonyl (C=O) groups excluding carboxylic acids is 1. The van der Waals surface area contributed by atoms with Crippen molar-refractivity contribution in [1.82, 2.24) is 39.8 Å². The number of nitrogens with two attached hydrogens (primary N) is 1. The van der Waals surface area contributed by atoms with Crippen LogP contribution >= 0.6 is 11.6 Å². The zero-order valence-corrected chi connectivity index (χ0v) is 23.0. The molecule has 1 atom stereocenters. The van der Waals surface area contributed by atoms with Gasteiger partial charge in [0.15, 0.2) is 5.65 Å². The first-order valence-corrected chi connectivity index (χ1v) is 12.7. The SMILES string of the molecule is CCOc1cc(C(C)n2nc(-c3cn[nH]c3)c3c(N)ncnc32)c(Cl)c(C)c1-c1ccc(C(=O)N(C)C)nc1. The van der Waals surface area contributed by atoms with Gasteiger partial charge in [-0.1, -0.05) is 17.7 Å². The van der Waals surface area contributed by atoms with Crippen molar-refractivity contribution in [3.05, 3.63) is 65.0 Å². The topological polar surface area (TPSA) is 141 Å². The summed E-state index contributed by atoms with van der Waals surface area (Å²) >= 11 is 7.03. The van der Waals surface area contributed by atoms with Gasteiger partial charge < -0.3 is 15.4 Å². The van der Waals surface area contributed by atoms with E-state index in [1.165, 1.54) is 11.2 Å². The monoisotopic (exact) mass is 545 g/mol. The van der Waals surface area contributed by atoms with Gasteiger partial charge in [-0.05, 0) is 44.0 Å². The molecule has 0 aliphatic heterocycles. The van der Waals surface area contributed by atoms with E-state index in [1.54, 1.807) is 43.4 Å². The van der Waals surface area contributed by atoms with Crippen LogP contribution in [0.25, 0.3) is 33.4 Å². The molecule has 0 radical (unpaired) electrons. The van der Waals surface area contributed by atoms with Gasteiger partial charge in [0.05, 0.1) is 24.2 Å². The fourth-order valence-electron chi connectivity index (χ4n) is 4.60. The minimum Gasteiger partial charge on any atom is -0.493 e. The first-order valence-electron chi connectivity index (χ1n) is 12.3. The molecule has 0 fully saturated rings. The quantitative estimate of drug-likeness (QED) is 0.304. The second kappa shape index (κ2) is 10.3. The summed E-state index contributed by atoms with van der Waals surface area (Å²) in [5.74, 6) is 0.803. The molecule has 39 heavy (non-hydrogen) atoms. The highest BCUT2D eigenvalue weighted by Gasteiger charge is 2.26. The van der Waals surface area contributed by atoms with Gasteiger partial charge in [0.25, 0.3) is 5.91 Å². The van der Waals surface area contributed by atoms with Crippen molar-refractivity contribution in [2.24, 2.45) is 0 Å². The van der Waals surface area contributed by atoms with Crippen molar-refractivity contribution in [1.29, 1.82) is 0 Å². The number of H-pyrrole nitrogens is 1. The molecule has 1 aromatic carbocycles. The summed E-state index contributed by atoms with van der Waals surface area (Å²) in [4.78, 5) is 26.9. The van der Waals surface area contributed by atoms with E-state index in [9.17, 15) is 4.79 Å². The molecule has 5 aromatic rings. The van der Waals surface area contributed by atoms with E-state index in [0.717, 1.165) is 27.8 Å². The summed E-state index contributed by atoms with van der Waals surface area (Å²) in [7, 11) is 3.38. The second-order valence-electron chi connectivity index (χ2n) is 9.26. The van der Waals surface area contributed by atoms with Crippen LogP contribution in [-0.4, -0.2) is 66.4 Å². The molecule has 0 aliphatic carbocycles. The number of anilines is 1. The van der Waals surface area contributed by atoms with E-state index < -0.39 is 0 Å². The van der Waals surface area contributed by atoms with Crippen LogP contribution < -0.4 is 10.5 Å². The summed E-state index contributed by atoms with van der Waals surface area (Å²) in [6.07, 6.45) is 6.50. The number of aromatic nitrogens is 7. The Labute approximate surface area is 230 Å². The first-order chi connectivity index (χ1) is 18.7. The molecule has 5 rings (SSSR count). The number of hydrogen-bond donors (Lipinski definition) is 2. The van der Waals surface area contributed by atoms with E-state index in [1.807, 2.05) is 32.9 Å². The lowest BCUT2D eigenvalue weighted by Crippen LogP contribution is -2.22. The molecule has 0 saturated carbocycles. The van der Waals surface area contributed by atoms with Crippen molar-refractivity contribution in [3.63, 3.8) is 0 Å². The van der Waals surface area contributed by atoms with Crippen LogP contribution in [0.3, 0.4) is 0 Å². The summed E-state index contributed by atoms with van der Waals surface area (Å²) in [6, 6.07) is 5.15. The van der Waals surface area contributed by atoms with Gasteiger partial charge in [-0.3, -0.25) is 14.9 Å². The van der Waals surface area contributed by atoms with Crippen LogP contribution in [0, 0.1) is 6.92 Å². The van der Waals surface area contributed by atoms with Crippen LogP contribution in [0.5, 0.6) is 5.75 Å². The lowest BCUT2D eigenvalue weighted by Gasteiger charge is -2.21. The Bertz CT molecular complexity index is 1660. The Morgan fingerprint density at radius 2 is 2.00 bits per heavy atom. The highest BCUT2D eigenvalue weighted by Crippen LogP contribution is 2.43. The normalized spacial score (nSPS) is 12.1. The predicted octanol–water partition coefficient (Wildman–Crippen LogP) is 4.53. The van der Waals surface area contributed by atoms with Crippen LogP contribution in [0.2, 0.25) is 5.02 Å². The molecule has 4 heterocycles. The Morgan fingerprint density at radius 3 is 2.64 bits per heavy atom. The Kier molecular flexibility index (Phi) is 6.92. The fourth-order valence-corrected chi connectivity index (χ4v) is 4.90. The van der Waals surface area contributed by atoms with Gasteiger partial charge in [0.2, 0.25) is 0 Å². The molecule has 0 saturated heterocycles. The van der Waals surface area contributed by atoms with Crippen molar-refractivity contribution >= 4 is 34.4 Å². The smallest absolute Gasteiger partial charge is 0.271 e. The average Bonchev–Trinajstić information content (AvgIpc) is 3.59. The minimum atomic E-state index is -0.333. The molecule has 0 spiro atoms. The van der Waals surface area contributed by atoms with Crippen LogP contribution in [-0.2, 0) is 0 Å². The van der Waals surface area contributed by atoms with Crippen LogP contribution in [0.15, 0.2) is 43.1 Å². The summed E-state index contributed by atoms with van der Waals surface area (Å²) in [5, 5.41) is 12.9. The summed E-state index contributed by atoms with van der Waals surface area (Å²) in [6.45, 7) is 6.30. The van der Waals surface area contributed by atoms with E-state index in [0.29, 0.717) is 45.6 Å². The zero-order valence-electron chi connectivity index (χ0n) is 22.2. The lowest BCUT2D eigenvalue weighted by molar-refractivity contribution is 0.0822. The standard InChI is InChI=1S/C27H28ClN9O2/c1-6-39-20-9-18(23(28)14(2)21(20)16-7-8-19(30-10-16)27(38)36(4)5)15(3)37-26-22(25(29)31-13-32-26)24(35-37)17-11-33-34-12-17/h7-13,15H,6H2,1-5H3,(H,33,34)(H2,29,31,32).